The number of ether oxygens (including phenoxy) is 2. The monoisotopic (exact) mass is 297 g/mol. The van der Waals surface area contributed by atoms with Crippen LogP contribution in [0.5, 0.6) is 0 Å². The van der Waals surface area contributed by atoms with Gasteiger partial charge in [-0.2, -0.15) is 5.26 Å². The second-order valence-electron chi connectivity index (χ2n) is 6.30. The van der Waals surface area contributed by atoms with Crippen molar-refractivity contribution in [3.63, 3.8) is 0 Å². The van der Waals surface area contributed by atoms with Crippen LogP contribution in [0.15, 0.2) is 30.8 Å². The van der Waals surface area contributed by atoms with E-state index in [4.69, 9.17) is 9.47 Å². The van der Waals surface area contributed by atoms with Gasteiger partial charge in [0.2, 0.25) is 0 Å². The third-order valence-electron chi connectivity index (χ3n) is 5.14. The molecule has 3 heteroatoms. The van der Waals surface area contributed by atoms with Gasteiger partial charge in [-0.05, 0) is 36.0 Å². The van der Waals surface area contributed by atoms with E-state index in [0.717, 1.165) is 48.8 Å². The van der Waals surface area contributed by atoms with Crippen LogP contribution in [0.25, 0.3) is 5.57 Å². The molecule has 1 aromatic carbocycles. The molecule has 0 aromatic heterocycles. The molecule has 0 amide bonds. The average Bonchev–Trinajstić information content (AvgIpc) is 3.04. The molecule has 3 rings (SSSR count). The third-order valence-corrected chi connectivity index (χ3v) is 5.14. The van der Waals surface area contributed by atoms with Gasteiger partial charge in [-0.25, -0.2) is 0 Å². The fourth-order valence-corrected chi connectivity index (χ4v) is 3.68. The summed E-state index contributed by atoms with van der Waals surface area (Å²) < 4.78 is 11.6. The minimum absolute atomic E-state index is 0.433. The predicted molar refractivity (Wildman–Crippen MR) is 86.2 cm³/mol. The van der Waals surface area contributed by atoms with Crippen molar-refractivity contribution < 1.29 is 9.47 Å². The SMILES string of the molecule is C=C(CC)c1ccccc1C1(C#N)CCC2(CC1)OCCO2. The molecule has 22 heavy (non-hydrogen) atoms. The fourth-order valence-electron chi connectivity index (χ4n) is 3.68. The Bertz CT molecular complexity index is 598. The Kier molecular flexibility index (Phi) is 4.08. The summed E-state index contributed by atoms with van der Waals surface area (Å²) in [7, 11) is 0. The van der Waals surface area contributed by atoms with Crippen molar-refractivity contribution in [2.75, 3.05) is 13.2 Å². The normalized spacial score (nSPS) is 22.4. The van der Waals surface area contributed by atoms with Crippen LogP contribution in [0.3, 0.4) is 0 Å². The highest BCUT2D eigenvalue weighted by Gasteiger charge is 2.47. The number of nitriles is 1. The second-order valence-corrected chi connectivity index (χ2v) is 6.30. The summed E-state index contributed by atoms with van der Waals surface area (Å²) in [5.74, 6) is -0.433. The van der Waals surface area contributed by atoms with E-state index in [1.165, 1.54) is 0 Å². The lowest BCUT2D eigenvalue weighted by Crippen LogP contribution is -2.41. The highest BCUT2D eigenvalue weighted by Crippen LogP contribution is 2.47. The van der Waals surface area contributed by atoms with Crippen LogP contribution < -0.4 is 0 Å². The number of hydrogen-bond donors (Lipinski definition) is 0. The Labute approximate surface area is 132 Å². The van der Waals surface area contributed by atoms with E-state index in [1.807, 2.05) is 12.1 Å². The van der Waals surface area contributed by atoms with Crippen molar-refractivity contribution in [3.05, 3.63) is 42.0 Å². The van der Waals surface area contributed by atoms with E-state index >= 15 is 0 Å². The smallest absolute Gasteiger partial charge is 0.168 e. The van der Waals surface area contributed by atoms with Crippen molar-refractivity contribution in [1.29, 1.82) is 5.26 Å². The zero-order chi connectivity index (χ0) is 15.6. The van der Waals surface area contributed by atoms with Gasteiger partial charge in [0, 0.05) is 12.8 Å². The Hall–Kier alpha value is -1.63. The summed E-state index contributed by atoms with van der Waals surface area (Å²) in [5.41, 5.74) is 2.90. The molecule has 1 heterocycles. The molecule has 0 unspecified atom stereocenters. The van der Waals surface area contributed by atoms with Gasteiger partial charge in [-0.15, -0.1) is 0 Å². The minimum atomic E-state index is -0.449. The molecule has 1 saturated carbocycles. The van der Waals surface area contributed by atoms with E-state index in [9.17, 15) is 5.26 Å². The van der Waals surface area contributed by atoms with Crippen molar-refractivity contribution >= 4 is 5.57 Å². The first kappa shape index (κ1) is 15.3. The Morgan fingerprint density at radius 1 is 1.18 bits per heavy atom. The van der Waals surface area contributed by atoms with E-state index in [2.05, 4.69) is 31.7 Å². The summed E-state index contributed by atoms with van der Waals surface area (Å²) in [6, 6.07) is 10.8. The first-order valence-corrected chi connectivity index (χ1v) is 8.11. The van der Waals surface area contributed by atoms with Gasteiger partial charge >= 0.3 is 0 Å². The first-order chi connectivity index (χ1) is 10.6. The summed E-state index contributed by atoms with van der Waals surface area (Å²) >= 11 is 0. The third kappa shape index (κ3) is 2.47. The molecule has 1 aromatic rings. The van der Waals surface area contributed by atoms with Gasteiger partial charge in [0.25, 0.3) is 0 Å². The predicted octanol–water partition coefficient (Wildman–Crippen LogP) is 4.19. The van der Waals surface area contributed by atoms with Crippen LogP contribution in [0, 0.1) is 11.3 Å². The summed E-state index contributed by atoms with van der Waals surface area (Å²) in [6.45, 7) is 7.62. The van der Waals surface area contributed by atoms with Crippen molar-refractivity contribution in [2.24, 2.45) is 0 Å². The fraction of sp³-hybridized carbons (Fsp3) is 0.526. The highest BCUT2D eigenvalue weighted by atomic mass is 16.7. The van der Waals surface area contributed by atoms with Gasteiger partial charge in [0.05, 0.1) is 24.7 Å². The Morgan fingerprint density at radius 2 is 1.82 bits per heavy atom. The molecule has 0 bridgehead atoms. The molecule has 2 fully saturated rings. The average molecular weight is 297 g/mol. The summed E-state index contributed by atoms with van der Waals surface area (Å²) in [5, 5.41) is 9.94. The topological polar surface area (TPSA) is 42.2 Å². The lowest BCUT2D eigenvalue weighted by Gasteiger charge is -2.40. The molecule has 116 valence electrons. The van der Waals surface area contributed by atoms with E-state index in [1.54, 1.807) is 0 Å². The van der Waals surface area contributed by atoms with Crippen molar-refractivity contribution in [1.82, 2.24) is 0 Å². The molecule has 1 aliphatic heterocycles. The maximum absolute atomic E-state index is 9.94. The van der Waals surface area contributed by atoms with Crippen LogP contribution >= 0.6 is 0 Å². The molecule has 0 N–H and O–H groups in total. The van der Waals surface area contributed by atoms with Crippen molar-refractivity contribution in [2.45, 2.75) is 50.2 Å². The zero-order valence-corrected chi connectivity index (χ0v) is 13.2. The van der Waals surface area contributed by atoms with Crippen LogP contribution in [-0.2, 0) is 14.9 Å². The molecular formula is C19H23NO2. The number of nitrogens with zero attached hydrogens (tertiary/aromatic N) is 1. The van der Waals surface area contributed by atoms with E-state index < -0.39 is 11.2 Å². The lowest BCUT2D eigenvalue weighted by molar-refractivity contribution is -0.182. The van der Waals surface area contributed by atoms with Gasteiger partial charge < -0.3 is 9.47 Å². The summed E-state index contributed by atoms with van der Waals surface area (Å²) in [6.07, 6.45) is 4.02. The van der Waals surface area contributed by atoms with Gasteiger partial charge in [-0.3, -0.25) is 0 Å². The molecule has 1 spiro atoms. The van der Waals surface area contributed by atoms with Gasteiger partial charge in [0.15, 0.2) is 5.79 Å². The first-order valence-electron chi connectivity index (χ1n) is 8.11. The minimum Gasteiger partial charge on any atom is -0.348 e. The van der Waals surface area contributed by atoms with Gasteiger partial charge in [0.1, 0.15) is 0 Å². The standard InChI is InChI=1S/C19H23NO2/c1-3-15(2)16-6-4-5-7-17(16)18(14-20)8-10-19(11-9-18)21-12-13-22-19/h4-7H,2-3,8-13H2,1H3. The molecule has 0 atom stereocenters. The molecule has 3 nitrogen and oxygen atoms in total. The zero-order valence-electron chi connectivity index (χ0n) is 13.2. The Balaban J connectivity index is 1.93. The van der Waals surface area contributed by atoms with Crippen LogP contribution in [0.4, 0.5) is 0 Å². The quantitative estimate of drug-likeness (QED) is 0.840. The number of allylic oxidation sites excluding steroid dienone is 1. The van der Waals surface area contributed by atoms with Crippen LogP contribution in [0.2, 0.25) is 0 Å². The molecule has 1 aliphatic carbocycles. The van der Waals surface area contributed by atoms with E-state index in [-0.39, 0.29) is 0 Å². The van der Waals surface area contributed by atoms with Gasteiger partial charge in [-0.1, -0.05) is 37.8 Å². The number of hydrogen-bond acceptors (Lipinski definition) is 3. The molecule has 0 radical (unpaired) electrons. The van der Waals surface area contributed by atoms with Crippen molar-refractivity contribution in [3.8, 4) is 6.07 Å². The maximum Gasteiger partial charge on any atom is 0.168 e. The molecule has 1 saturated heterocycles. The molecule has 2 aliphatic rings. The highest BCUT2D eigenvalue weighted by molar-refractivity contribution is 5.68. The second kappa shape index (κ2) is 5.87. The summed E-state index contributed by atoms with van der Waals surface area (Å²) in [4.78, 5) is 0. The number of rotatable bonds is 3. The van der Waals surface area contributed by atoms with E-state index in [0.29, 0.717) is 13.2 Å². The van der Waals surface area contributed by atoms with Crippen LogP contribution in [0.1, 0.15) is 50.2 Å². The largest absolute Gasteiger partial charge is 0.348 e. The Morgan fingerprint density at radius 3 is 2.41 bits per heavy atom. The van der Waals surface area contributed by atoms with Crippen LogP contribution in [-0.4, -0.2) is 19.0 Å². The maximum atomic E-state index is 9.94. The number of benzene rings is 1. The molecular weight excluding hydrogens is 274 g/mol. The lowest BCUT2D eigenvalue weighted by atomic mass is 9.67.